The fourth-order valence-corrected chi connectivity index (χ4v) is 4.81. The second-order valence-electron chi connectivity index (χ2n) is 11.0. The van der Waals surface area contributed by atoms with Crippen molar-refractivity contribution >= 4 is 23.6 Å². The SMILES string of the molecule is NCCC[C@H](N)CNC(=O)CNC(=O)[C@@H]1Cc2cccc(c2)-c2ccc(O)c(c2)C[C@H](N)C(=O)N[C@@H](C[C@@H](O)CN)C(=O)N1. The van der Waals surface area contributed by atoms with Crippen molar-refractivity contribution in [1.82, 2.24) is 21.3 Å². The van der Waals surface area contributed by atoms with Crippen LogP contribution in [0.3, 0.4) is 0 Å². The standard InChI is InChI=1S/C30H44N8O6/c31-8-2-5-21(33)15-35-27(41)16-36-29(43)24-10-17-3-1-4-18(9-17)19-6-7-26(40)20(11-19)12-23(34)28(42)37-25(30(44)38-24)13-22(39)14-32/h1,3-4,6-7,9,11,21-25,39-40H,2,5,8,10,12-16,31-34H2,(H,35,41)(H,36,43)(H,37,42)(H,38,44)/t21-,22+,23-,24-,25-/m0/s1. The smallest absolute Gasteiger partial charge is 0.243 e. The average molecular weight is 613 g/mol. The minimum absolute atomic E-state index is 0.0238. The molecule has 0 aromatic heterocycles. The number of phenols is 1. The Labute approximate surface area is 256 Å². The highest BCUT2D eigenvalue weighted by Crippen LogP contribution is 2.28. The van der Waals surface area contributed by atoms with Crippen LogP contribution in [0.25, 0.3) is 11.1 Å². The number of amides is 4. The van der Waals surface area contributed by atoms with E-state index < -0.39 is 47.9 Å². The Morgan fingerprint density at radius 3 is 2.48 bits per heavy atom. The maximum absolute atomic E-state index is 13.5. The maximum atomic E-state index is 13.5. The average Bonchev–Trinajstić information content (AvgIpc) is 3.01. The molecule has 14 heteroatoms. The number of nitrogens with one attached hydrogen (secondary N) is 4. The molecule has 2 aromatic carbocycles. The highest BCUT2D eigenvalue weighted by molar-refractivity contribution is 5.94. The Kier molecular flexibility index (Phi) is 13.0. The Morgan fingerprint density at radius 2 is 1.75 bits per heavy atom. The first-order chi connectivity index (χ1) is 21.0. The van der Waals surface area contributed by atoms with Crippen LogP contribution in [0, 0.1) is 0 Å². The van der Waals surface area contributed by atoms with E-state index in [1.807, 2.05) is 12.1 Å². The molecule has 0 unspecified atom stereocenters. The second-order valence-corrected chi connectivity index (χ2v) is 11.0. The van der Waals surface area contributed by atoms with Gasteiger partial charge in [-0.05, 0) is 53.8 Å². The van der Waals surface area contributed by atoms with Crippen LogP contribution >= 0.6 is 0 Å². The van der Waals surface area contributed by atoms with Gasteiger partial charge in [-0.1, -0.05) is 30.3 Å². The first kappa shape index (κ1) is 34.4. The summed E-state index contributed by atoms with van der Waals surface area (Å²) in [4.78, 5) is 52.3. The van der Waals surface area contributed by atoms with Gasteiger partial charge in [-0.25, -0.2) is 0 Å². The molecule has 0 radical (unpaired) electrons. The molecule has 240 valence electrons. The monoisotopic (exact) mass is 612 g/mol. The number of benzene rings is 2. The number of hydrogen-bond acceptors (Lipinski definition) is 10. The van der Waals surface area contributed by atoms with Crippen molar-refractivity contribution in [2.45, 2.75) is 62.4 Å². The molecular weight excluding hydrogens is 568 g/mol. The van der Waals surface area contributed by atoms with Gasteiger partial charge < -0.3 is 54.4 Å². The van der Waals surface area contributed by atoms with Crippen molar-refractivity contribution in [2.75, 3.05) is 26.2 Å². The number of rotatable bonds is 11. The first-order valence-electron chi connectivity index (χ1n) is 14.7. The second kappa shape index (κ2) is 16.7. The maximum Gasteiger partial charge on any atom is 0.243 e. The molecule has 0 aliphatic carbocycles. The van der Waals surface area contributed by atoms with Gasteiger partial charge >= 0.3 is 0 Å². The van der Waals surface area contributed by atoms with Gasteiger partial charge in [0.15, 0.2) is 0 Å². The van der Waals surface area contributed by atoms with Gasteiger partial charge in [-0.3, -0.25) is 19.2 Å². The van der Waals surface area contributed by atoms with Crippen LogP contribution in [0.1, 0.15) is 30.4 Å². The zero-order chi connectivity index (χ0) is 32.2. The summed E-state index contributed by atoms with van der Waals surface area (Å²) in [5, 5.41) is 31.1. The van der Waals surface area contributed by atoms with E-state index in [2.05, 4.69) is 21.3 Å². The molecule has 0 saturated carbocycles. The topological polar surface area (TPSA) is 261 Å². The van der Waals surface area contributed by atoms with Crippen LogP contribution in [0.2, 0.25) is 0 Å². The molecule has 1 aliphatic heterocycles. The summed E-state index contributed by atoms with van der Waals surface area (Å²) in [6.45, 7) is 0.181. The van der Waals surface area contributed by atoms with Crippen LogP contribution in [-0.4, -0.2) is 90.3 Å². The van der Waals surface area contributed by atoms with Crippen molar-refractivity contribution < 1.29 is 29.4 Å². The minimum atomic E-state index is -1.28. The largest absolute Gasteiger partial charge is 0.508 e. The van der Waals surface area contributed by atoms with Crippen molar-refractivity contribution in [3.05, 3.63) is 53.6 Å². The zero-order valence-electron chi connectivity index (χ0n) is 24.6. The van der Waals surface area contributed by atoms with Gasteiger partial charge in [0.05, 0.1) is 18.7 Å². The number of aliphatic hydroxyl groups excluding tert-OH is 1. The Morgan fingerprint density at radius 1 is 1.00 bits per heavy atom. The lowest BCUT2D eigenvalue weighted by Crippen LogP contribution is -2.57. The summed E-state index contributed by atoms with van der Waals surface area (Å²) in [5.74, 6) is -2.58. The van der Waals surface area contributed by atoms with Crippen LogP contribution in [0.15, 0.2) is 42.5 Å². The fourth-order valence-electron chi connectivity index (χ4n) is 4.81. The summed E-state index contributed by atoms with van der Waals surface area (Å²) in [6, 6.07) is 8.39. The van der Waals surface area contributed by atoms with Crippen molar-refractivity contribution in [3.63, 3.8) is 0 Å². The summed E-state index contributed by atoms with van der Waals surface area (Å²) in [5.41, 5.74) is 25.8. The van der Waals surface area contributed by atoms with Crippen LogP contribution < -0.4 is 44.2 Å². The predicted octanol–water partition coefficient (Wildman–Crippen LogP) is -2.54. The van der Waals surface area contributed by atoms with E-state index in [4.69, 9.17) is 22.9 Å². The van der Waals surface area contributed by atoms with Gasteiger partial charge in [0.25, 0.3) is 0 Å². The van der Waals surface area contributed by atoms with Crippen LogP contribution in [-0.2, 0) is 32.0 Å². The van der Waals surface area contributed by atoms with E-state index in [9.17, 15) is 29.4 Å². The molecule has 14 nitrogen and oxygen atoms in total. The van der Waals surface area contributed by atoms with Crippen molar-refractivity contribution in [3.8, 4) is 16.9 Å². The summed E-state index contributed by atoms with van der Waals surface area (Å²) in [7, 11) is 0. The first-order valence-corrected chi connectivity index (χ1v) is 14.7. The van der Waals surface area contributed by atoms with E-state index in [1.54, 1.807) is 24.3 Å². The molecule has 1 heterocycles. The molecule has 1 aliphatic rings. The van der Waals surface area contributed by atoms with E-state index in [-0.39, 0.29) is 50.7 Å². The number of nitrogens with two attached hydrogens (primary N) is 4. The number of aliphatic hydroxyl groups is 1. The summed E-state index contributed by atoms with van der Waals surface area (Å²) >= 11 is 0. The lowest BCUT2D eigenvalue weighted by atomic mass is 9.96. The fraction of sp³-hybridized carbons (Fsp3) is 0.467. The van der Waals surface area contributed by atoms with Gasteiger partial charge in [0.2, 0.25) is 23.6 Å². The highest BCUT2D eigenvalue weighted by Gasteiger charge is 2.30. The quantitative estimate of drug-likeness (QED) is 0.127. The molecule has 0 saturated heterocycles. The number of carbonyl (C=O) groups is 4. The summed E-state index contributed by atoms with van der Waals surface area (Å²) in [6.07, 6.45) is 0.0151. The molecule has 0 fully saturated rings. The van der Waals surface area contributed by atoms with Gasteiger partial charge in [-0.15, -0.1) is 0 Å². The Hall–Kier alpha value is -4.08. The van der Waals surface area contributed by atoms with E-state index in [0.717, 1.165) is 17.5 Å². The third kappa shape index (κ3) is 10.3. The molecule has 44 heavy (non-hydrogen) atoms. The molecule has 14 N–H and O–H groups in total. The third-order valence-corrected chi connectivity index (χ3v) is 7.37. The van der Waals surface area contributed by atoms with Crippen molar-refractivity contribution in [2.24, 2.45) is 22.9 Å². The van der Waals surface area contributed by atoms with E-state index in [1.165, 1.54) is 6.07 Å². The number of hydrogen-bond donors (Lipinski definition) is 10. The van der Waals surface area contributed by atoms with Crippen LogP contribution in [0.4, 0.5) is 0 Å². The normalized spacial score (nSPS) is 20.2. The van der Waals surface area contributed by atoms with Crippen molar-refractivity contribution in [1.29, 1.82) is 0 Å². The highest BCUT2D eigenvalue weighted by atomic mass is 16.3. The van der Waals surface area contributed by atoms with E-state index >= 15 is 0 Å². The van der Waals surface area contributed by atoms with E-state index in [0.29, 0.717) is 24.1 Å². The van der Waals surface area contributed by atoms with Gasteiger partial charge in [-0.2, -0.15) is 0 Å². The minimum Gasteiger partial charge on any atom is -0.508 e. The lowest BCUT2D eigenvalue weighted by molar-refractivity contribution is -0.133. The molecular formula is C30H44N8O6. The van der Waals surface area contributed by atoms with Gasteiger partial charge in [0, 0.05) is 38.4 Å². The number of phenolic OH excluding ortho intramolecular Hbond substituents is 1. The molecule has 0 spiro atoms. The van der Waals surface area contributed by atoms with Crippen LogP contribution in [0.5, 0.6) is 5.75 Å². The Bertz CT molecular complexity index is 1310. The third-order valence-electron chi connectivity index (χ3n) is 7.37. The Balaban J connectivity index is 1.88. The molecule has 3 rings (SSSR count). The molecule has 5 atom stereocenters. The summed E-state index contributed by atoms with van der Waals surface area (Å²) < 4.78 is 0. The number of fused-ring (bicyclic) bond motifs is 5. The number of aromatic hydroxyl groups is 1. The molecule has 2 aromatic rings. The molecule has 4 bridgehead atoms. The predicted molar refractivity (Wildman–Crippen MR) is 165 cm³/mol. The lowest BCUT2D eigenvalue weighted by Gasteiger charge is -2.25. The number of carbonyl (C=O) groups excluding carboxylic acids is 4. The molecule has 4 amide bonds. The zero-order valence-corrected chi connectivity index (χ0v) is 24.6. The van der Waals surface area contributed by atoms with Gasteiger partial charge in [0.1, 0.15) is 17.8 Å².